The molecule has 20 heavy (non-hydrogen) atoms. The molecule has 2 unspecified atom stereocenters. The van der Waals surface area contributed by atoms with Crippen molar-refractivity contribution in [2.24, 2.45) is 5.92 Å². The molecule has 0 fully saturated rings. The average Bonchev–Trinajstić information content (AvgIpc) is 2.46. The number of rotatable bonds is 10. The highest BCUT2D eigenvalue weighted by Crippen LogP contribution is 2.11. The molecule has 0 saturated heterocycles. The predicted molar refractivity (Wildman–Crippen MR) is 81.0 cm³/mol. The standard InChI is InChI=1S/C16H27NO3/c1-13-5-7-16(8-6-13)20-12-15(19)10-17-9-3-4-14(2)11-18/h5-8,14-15,17-19H,3-4,9-12H2,1-2H3. The van der Waals surface area contributed by atoms with Crippen LogP contribution in [0.1, 0.15) is 25.3 Å². The van der Waals surface area contributed by atoms with E-state index in [0.29, 0.717) is 19.1 Å². The minimum Gasteiger partial charge on any atom is -0.491 e. The molecule has 0 heterocycles. The zero-order valence-electron chi connectivity index (χ0n) is 12.5. The van der Waals surface area contributed by atoms with Crippen LogP contribution in [0.4, 0.5) is 0 Å². The van der Waals surface area contributed by atoms with Crippen LogP contribution in [0.5, 0.6) is 5.75 Å². The first kappa shape index (κ1) is 17.0. The van der Waals surface area contributed by atoms with Gasteiger partial charge in [-0.15, -0.1) is 0 Å². The van der Waals surface area contributed by atoms with Crippen LogP contribution in [-0.4, -0.2) is 42.6 Å². The molecule has 0 aromatic heterocycles. The van der Waals surface area contributed by atoms with Crippen molar-refractivity contribution in [2.45, 2.75) is 32.8 Å². The molecule has 0 aliphatic rings. The van der Waals surface area contributed by atoms with Crippen molar-refractivity contribution in [1.29, 1.82) is 0 Å². The molecule has 114 valence electrons. The molecule has 0 spiro atoms. The topological polar surface area (TPSA) is 61.7 Å². The molecule has 0 radical (unpaired) electrons. The Bertz CT molecular complexity index is 353. The Morgan fingerprint density at radius 1 is 1.25 bits per heavy atom. The Hall–Kier alpha value is -1.10. The second-order valence-corrected chi connectivity index (χ2v) is 5.41. The third-order valence-electron chi connectivity index (χ3n) is 3.21. The summed E-state index contributed by atoms with van der Waals surface area (Å²) in [5.41, 5.74) is 1.19. The molecule has 2 atom stereocenters. The van der Waals surface area contributed by atoms with Crippen LogP contribution in [0.25, 0.3) is 0 Å². The van der Waals surface area contributed by atoms with Crippen LogP contribution >= 0.6 is 0 Å². The quantitative estimate of drug-likeness (QED) is 0.572. The van der Waals surface area contributed by atoms with Gasteiger partial charge in [0.1, 0.15) is 18.5 Å². The molecular weight excluding hydrogens is 254 g/mol. The normalized spacial score (nSPS) is 14.0. The van der Waals surface area contributed by atoms with Crippen LogP contribution in [-0.2, 0) is 0 Å². The lowest BCUT2D eigenvalue weighted by Gasteiger charge is -2.14. The van der Waals surface area contributed by atoms with Gasteiger partial charge in [0.15, 0.2) is 0 Å². The number of aliphatic hydroxyl groups is 2. The van der Waals surface area contributed by atoms with E-state index in [9.17, 15) is 5.11 Å². The summed E-state index contributed by atoms with van der Waals surface area (Å²) in [6, 6.07) is 7.79. The maximum absolute atomic E-state index is 9.79. The minimum absolute atomic E-state index is 0.243. The highest BCUT2D eigenvalue weighted by atomic mass is 16.5. The molecule has 1 aromatic rings. The van der Waals surface area contributed by atoms with Crippen molar-refractivity contribution in [2.75, 3.05) is 26.3 Å². The van der Waals surface area contributed by atoms with Gasteiger partial charge in [0.2, 0.25) is 0 Å². The van der Waals surface area contributed by atoms with Crippen molar-refractivity contribution in [3.8, 4) is 5.75 Å². The lowest BCUT2D eigenvalue weighted by atomic mass is 10.1. The lowest BCUT2D eigenvalue weighted by Crippen LogP contribution is -2.32. The Kier molecular flexibility index (Phi) is 8.26. The molecule has 3 N–H and O–H groups in total. The summed E-state index contributed by atoms with van der Waals surface area (Å²) >= 11 is 0. The van der Waals surface area contributed by atoms with E-state index >= 15 is 0 Å². The fraction of sp³-hybridized carbons (Fsp3) is 0.625. The molecule has 4 nitrogen and oxygen atoms in total. The monoisotopic (exact) mass is 281 g/mol. The van der Waals surface area contributed by atoms with Crippen molar-refractivity contribution in [3.05, 3.63) is 29.8 Å². The number of hydrogen-bond acceptors (Lipinski definition) is 4. The van der Waals surface area contributed by atoms with Gasteiger partial charge in [-0.25, -0.2) is 0 Å². The van der Waals surface area contributed by atoms with Crippen molar-refractivity contribution in [1.82, 2.24) is 5.32 Å². The van der Waals surface area contributed by atoms with Gasteiger partial charge >= 0.3 is 0 Å². The first-order chi connectivity index (χ1) is 9.61. The fourth-order valence-corrected chi connectivity index (χ4v) is 1.82. The van der Waals surface area contributed by atoms with E-state index < -0.39 is 6.10 Å². The Labute approximate surface area is 121 Å². The zero-order valence-corrected chi connectivity index (χ0v) is 12.5. The third-order valence-corrected chi connectivity index (χ3v) is 3.21. The van der Waals surface area contributed by atoms with E-state index in [-0.39, 0.29) is 6.61 Å². The number of hydrogen-bond donors (Lipinski definition) is 3. The lowest BCUT2D eigenvalue weighted by molar-refractivity contribution is 0.106. The highest BCUT2D eigenvalue weighted by molar-refractivity contribution is 5.26. The van der Waals surface area contributed by atoms with Gasteiger partial charge in [0.25, 0.3) is 0 Å². The van der Waals surface area contributed by atoms with Crippen LogP contribution in [0.2, 0.25) is 0 Å². The van der Waals surface area contributed by atoms with Crippen LogP contribution in [0.3, 0.4) is 0 Å². The second kappa shape index (κ2) is 9.75. The molecule has 0 aliphatic heterocycles. The molecule has 0 bridgehead atoms. The van der Waals surface area contributed by atoms with Crippen LogP contribution in [0, 0.1) is 12.8 Å². The number of ether oxygens (including phenoxy) is 1. The number of nitrogens with one attached hydrogen (secondary N) is 1. The molecule has 1 rings (SSSR count). The molecule has 0 saturated carbocycles. The number of aryl methyl sites for hydroxylation is 1. The van der Waals surface area contributed by atoms with Gasteiger partial charge in [0.05, 0.1) is 0 Å². The number of aliphatic hydroxyl groups excluding tert-OH is 2. The summed E-state index contributed by atoms with van der Waals surface area (Å²) in [7, 11) is 0. The predicted octanol–water partition coefficient (Wildman–Crippen LogP) is 1.73. The molecule has 4 heteroatoms. The largest absolute Gasteiger partial charge is 0.491 e. The first-order valence-corrected chi connectivity index (χ1v) is 7.31. The van der Waals surface area contributed by atoms with Crippen LogP contribution < -0.4 is 10.1 Å². The van der Waals surface area contributed by atoms with E-state index in [2.05, 4.69) is 5.32 Å². The molecule has 0 amide bonds. The molecule has 1 aromatic carbocycles. The van der Waals surface area contributed by atoms with E-state index in [1.54, 1.807) is 0 Å². The van der Waals surface area contributed by atoms with Crippen molar-refractivity contribution >= 4 is 0 Å². The van der Waals surface area contributed by atoms with Crippen molar-refractivity contribution in [3.63, 3.8) is 0 Å². The smallest absolute Gasteiger partial charge is 0.119 e. The van der Waals surface area contributed by atoms with E-state index in [1.165, 1.54) is 5.56 Å². The summed E-state index contributed by atoms with van der Waals surface area (Å²) in [6.07, 6.45) is 1.50. The first-order valence-electron chi connectivity index (χ1n) is 7.31. The highest BCUT2D eigenvalue weighted by Gasteiger charge is 2.05. The van der Waals surface area contributed by atoms with Gasteiger partial charge in [-0.1, -0.05) is 24.6 Å². The Balaban J connectivity index is 2.05. The Morgan fingerprint density at radius 3 is 2.60 bits per heavy atom. The SMILES string of the molecule is Cc1ccc(OCC(O)CNCCCC(C)CO)cc1. The zero-order chi connectivity index (χ0) is 14.8. The summed E-state index contributed by atoms with van der Waals surface area (Å²) < 4.78 is 5.51. The van der Waals surface area contributed by atoms with Gasteiger partial charge in [-0.2, -0.15) is 0 Å². The van der Waals surface area contributed by atoms with Gasteiger partial charge in [-0.3, -0.25) is 0 Å². The summed E-state index contributed by atoms with van der Waals surface area (Å²) in [5, 5.41) is 21.9. The molecule has 0 aliphatic carbocycles. The maximum Gasteiger partial charge on any atom is 0.119 e. The van der Waals surface area contributed by atoms with Gasteiger partial charge in [0, 0.05) is 13.2 Å². The summed E-state index contributed by atoms with van der Waals surface area (Å²) in [6.45, 7) is 5.98. The minimum atomic E-state index is -0.508. The maximum atomic E-state index is 9.79. The van der Waals surface area contributed by atoms with E-state index in [0.717, 1.165) is 25.1 Å². The second-order valence-electron chi connectivity index (χ2n) is 5.41. The van der Waals surface area contributed by atoms with E-state index in [1.807, 2.05) is 38.1 Å². The fourth-order valence-electron chi connectivity index (χ4n) is 1.82. The summed E-state index contributed by atoms with van der Waals surface area (Å²) in [4.78, 5) is 0. The van der Waals surface area contributed by atoms with Gasteiger partial charge < -0.3 is 20.3 Å². The number of benzene rings is 1. The average molecular weight is 281 g/mol. The van der Waals surface area contributed by atoms with Crippen LogP contribution in [0.15, 0.2) is 24.3 Å². The molecular formula is C16H27NO3. The summed E-state index contributed by atoms with van der Waals surface area (Å²) in [5.74, 6) is 1.14. The van der Waals surface area contributed by atoms with Crippen molar-refractivity contribution < 1.29 is 14.9 Å². The Morgan fingerprint density at radius 2 is 1.95 bits per heavy atom. The third kappa shape index (κ3) is 7.48. The van der Waals surface area contributed by atoms with E-state index in [4.69, 9.17) is 9.84 Å². The van der Waals surface area contributed by atoms with Gasteiger partial charge in [-0.05, 0) is 44.4 Å².